The second kappa shape index (κ2) is 8.84. The van der Waals surface area contributed by atoms with Gasteiger partial charge in [0.1, 0.15) is 30.4 Å². The van der Waals surface area contributed by atoms with Crippen LogP contribution in [0.1, 0.15) is 5.82 Å². The first-order valence-corrected chi connectivity index (χ1v) is 9.63. The Hall–Kier alpha value is -3.58. The standard InChI is InChI=1S/C22H19ClN4O3/c1-29-22-18(6-4-12-24-22)26-21(28)13-27-19-7-3-2-5-17(19)25-20(27)14-30-16-10-8-15(23)9-11-16/h2-12H,13-14H2,1H3,(H,26,28). The Bertz CT molecular complexity index is 1170. The number of fused-ring (bicyclic) bond motifs is 1. The van der Waals surface area contributed by atoms with Gasteiger partial charge in [-0.1, -0.05) is 23.7 Å². The monoisotopic (exact) mass is 422 g/mol. The number of imidazole rings is 1. The van der Waals surface area contributed by atoms with E-state index in [1.807, 2.05) is 28.8 Å². The van der Waals surface area contributed by atoms with Gasteiger partial charge in [0.15, 0.2) is 0 Å². The third kappa shape index (κ3) is 4.36. The maximum absolute atomic E-state index is 12.8. The molecule has 30 heavy (non-hydrogen) atoms. The Kier molecular flexibility index (Phi) is 5.81. The van der Waals surface area contributed by atoms with Gasteiger partial charge in [0.05, 0.1) is 18.1 Å². The lowest BCUT2D eigenvalue weighted by atomic mass is 10.3. The van der Waals surface area contributed by atoms with Gasteiger partial charge >= 0.3 is 0 Å². The summed E-state index contributed by atoms with van der Waals surface area (Å²) in [6, 6.07) is 18.2. The molecule has 152 valence electrons. The smallest absolute Gasteiger partial charge is 0.244 e. The third-order valence-electron chi connectivity index (χ3n) is 4.46. The molecule has 0 fully saturated rings. The number of para-hydroxylation sites is 2. The molecule has 2 aromatic carbocycles. The minimum Gasteiger partial charge on any atom is -0.486 e. The predicted molar refractivity (Wildman–Crippen MR) is 115 cm³/mol. The van der Waals surface area contributed by atoms with Gasteiger partial charge in [-0.15, -0.1) is 0 Å². The zero-order chi connectivity index (χ0) is 20.9. The number of halogens is 1. The van der Waals surface area contributed by atoms with E-state index in [1.165, 1.54) is 7.11 Å². The molecule has 1 amide bonds. The summed E-state index contributed by atoms with van der Waals surface area (Å²) in [6.07, 6.45) is 1.60. The number of pyridine rings is 1. The van der Waals surface area contributed by atoms with Gasteiger partial charge < -0.3 is 19.4 Å². The molecular formula is C22H19ClN4O3. The van der Waals surface area contributed by atoms with Gasteiger partial charge in [0.25, 0.3) is 0 Å². The van der Waals surface area contributed by atoms with Crippen molar-refractivity contribution in [2.75, 3.05) is 12.4 Å². The zero-order valence-electron chi connectivity index (χ0n) is 16.2. The molecular weight excluding hydrogens is 404 g/mol. The fourth-order valence-corrected chi connectivity index (χ4v) is 3.20. The predicted octanol–water partition coefficient (Wildman–Crippen LogP) is 4.31. The summed E-state index contributed by atoms with van der Waals surface area (Å²) < 4.78 is 12.9. The molecule has 2 aromatic heterocycles. The molecule has 0 aliphatic carbocycles. The fourth-order valence-electron chi connectivity index (χ4n) is 3.07. The number of nitrogens with one attached hydrogen (secondary N) is 1. The van der Waals surface area contributed by atoms with Gasteiger partial charge in [-0.25, -0.2) is 9.97 Å². The summed E-state index contributed by atoms with van der Waals surface area (Å²) in [5.41, 5.74) is 2.15. The molecule has 0 spiro atoms. The van der Waals surface area contributed by atoms with Gasteiger partial charge in [-0.05, 0) is 48.5 Å². The van der Waals surface area contributed by atoms with Crippen LogP contribution in [0.4, 0.5) is 5.69 Å². The minimum absolute atomic E-state index is 0.0673. The van der Waals surface area contributed by atoms with Crippen molar-refractivity contribution >= 4 is 34.2 Å². The molecule has 0 aliphatic heterocycles. The van der Waals surface area contributed by atoms with E-state index in [-0.39, 0.29) is 19.1 Å². The van der Waals surface area contributed by atoms with Gasteiger partial charge in [0.2, 0.25) is 11.8 Å². The van der Waals surface area contributed by atoms with E-state index in [2.05, 4.69) is 15.3 Å². The summed E-state index contributed by atoms with van der Waals surface area (Å²) in [7, 11) is 1.51. The number of ether oxygens (including phenoxy) is 2. The van der Waals surface area contributed by atoms with Crippen LogP contribution in [-0.2, 0) is 17.9 Å². The number of hydrogen-bond acceptors (Lipinski definition) is 5. The molecule has 8 heteroatoms. The Balaban J connectivity index is 1.56. The number of amides is 1. The van der Waals surface area contributed by atoms with E-state index in [4.69, 9.17) is 21.1 Å². The van der Waals surface area contributed by atoms with Crippen LogP contribution in [-0.4, -0.2) is 27.6 Å². The molecule has 0 atom stereocenters. The van der Waals surface area contributed by atoms with E-state index < -0.39 is 0 Å². The van der Waals surface area contributed by atoms with E-state index in [0.29, 0.717) is 28.2 Å². The molecule has 4 rings (SSSR count). The van der Waals surface area contributed by atoms with Crippen LogP contribution in [0.3, 0.4) is 0 Å². The van der Waals surface area contributed by atoms with Crippen LogP contribution in [0.25, 0.3) is 11.0 Å². The van der Waals surface area contributed by atoms with Crippen molar-refractivity contribution in [1.82, 2.24) is 14.5 Å². The molecule has 0 saturated carbocycles. The highest BCUT2D eigenvalue weighted by atomic mass is 35.5. The van der Waals surface area contributed by atoms with Crippen molar-refractivity contribution in [1.29, 1.82) is 0 Å². The van der Waals surface area contributed by atoms with Crippen molar-refractivity contribution in [3.8, 4) is 11.6 Å². The van der Waals surface area contributed by atoms with E-state index >= 15 is 0 Å². The third-order valence-corrected chi connectivity index (χ3v) is 4.71. The maximum atomic E-state index is 12.8. The fraction of sp³-hybridized carbons (Fsp3) is 0.136. The average molecular weight is 423 g/mol. The largest absolute Gasteiger partial charge is 0.486 e. The Morgan fingerprint density at radius 3 is 2.70 bits per heavy atom. The minimum atomic E-state index is -0.225. The lowest BCUT2D eigenvalue weighted by Crippen LogP contribution is -2.21. The number of hydrogen-bond donors (Lipinski definition) is 1. The Morgan fingerprint density at radius 2 is 1.90 bits per heavy atom. The summed E-state index contributed by atoms with van der Waals surface area (Å²) in [5, 5.41) is 3.48. The average Bonchev–Trinajstić information content (AvgIpc) is 3.11. The number of carbonyl (C=O) groups is 1. The number of methoxy groups -OCH3 is 1. The summed E-state index contributed by atoms with van der Waals surface area (Å²) in [6.45, 7) is 0.275. The zero-order valence-corrected chi connectivity index (χ0v) is 17.0. The van der Waals surface area contributed by atoms with Crippen molar-refractivity contribution < 1.29 is 14.3 Å². The molecule has 2 heterocycles. The molecule has 0 radical (unpaired) electrons. The van der Waals surface area contributed by atoms with Crippen LogP contribution in [0, 0.1) is 0 Å². The van der Waals surface area contributed by atoms with Gasteiger partial charge in [-0.3, -0.25) is 4.79 Å². The van der Waals surface area contributed by atoms with E-state index in [0.717, 1.165) is 11.0 Å². The maximum Gasteiger partial charge on any atom is 0.244 e. The second-order valence-corrected chi connectivity index (χ2v) is 6.89. The summed E-state index contributed by atoms with van der Waals surface area (Å²) in [4.78, 5) is 21.5. The molecule has 0 bridgehead atoms. The first-order chi connectivity index (χ1) is 14.6. The Labute approximate surface area is 178 Å². The van der Waals surface area contributed by atoms with Crippen LogP contribution in [0.5, 0.6) is 11.6 Å². The normalized spacial score (nSPS) is 10.7. The molecule has 0 aliphatic rings. The number of aromatic nitrogens is 3. The van der Waals surface area contributed by atoms with Crippen LogP contribution in [0.2, 0.25) is 5.02 Å². The van der Waals surface area contributed by atoms with E-state index in [9.17, 15) is 4.79 Å². The van der Waals surface area contributed by atoms with Crippen molar-refractivity contribution in [2.45, 2.75) is 13.2 Å². The molecule has 7 nitrogen and oxygen atoms in total. The summed E-state index contributed by atoms with van der Waals surface area (Å²) in [5.74, 6) is 1.44. The first kappa shape index (κ1) is 19.7. The van der Waals surface area contributed by atoms with Crippen LogP contribution >= 0.6 is 11.6 Å². The number of benzene rings is 2. The quantitative estimate of drug-likeness (QED) is 0.480. The molecule has 4 aromatic rings. The van der Waals surface area contributed by atoms with Gasteiger partial charge in [-0.2, -0.15) is 0 Å². The number of anilines is 1. The van der Waals surface area contributed by atoms with E-state index in [1.54, 1.807) is 42.6 Å². The van der Waals surface area contributed by atoms with Gasteiger partial charge in [0, 0.05) is 11.2 Å². The lowest BCUT2D eigenvalue weighted by molar-refractivity contribution is -0.116. The number of nitrogens with zero attached hydrogens (tertiary/aromatic N) is 3. The Morgan fingerprint density at radius 1 is 1.10 bits per heavy atom. The van der Waals surface area contributed by atoms with Crippen molar-refractivity contribution in [2.24, 2.45) is 0 Å². The van der Waals surface area contributed by atoms with Crippen molar-refractivity contribution in [3.63, 3.8) is 0 Å². The second-order valence-electron chi connectivity index (χ2n) is 6.45. The highest BCUT2D eigenvalue weighted by Crippen LogP contribution is 2.22. The lowest BCUT2D eigenvalue weighted by Gasteiger charge is -2.12. The van der Waals surface area contributed by atoms with Crippen molar-refractivity contribution in [3.05, 3.63) is 77.7 Å². The summed E-state index contributed by atoms with van der Waals surface area (Å²) >= 11 is 5.92. The number of carbonyl (C=O) groups excluding carboxylic acids is 1. The first-order valence-electron chi connectivity index (χ1n) is 9.25. The highest BCUT2D eigenvalue weighted by molar-refractivity contribution is 6.30. The molecule has 0 saturated heterocycles. The molecule has 0 unspecified atom stereocenters. The van der Waals surface area contributed by atoms with Crippen LogP contribution in [0.15, 0.2) is 66.9 Å². The molecule has 1 N–H and O–H groups in total. The highest BCUT2D eigenvalue weighted by Gasteiger charge is 2.15. The SMILES string of the molecule is COc1ncccc1NC(=O)Cn1c(COc2ccc(Cl)cc2)nc2ccccc21. The number of rotatable bonds is 7. The topological polar surface area (TPSA) is 78.3 Å². The van der Waals surface area contributed by atoms with Crippen LogP contribution < -0.4 is 14.8 Å².